The Morgan fingerprint density at radius 1 is 0.438 bits per heavy atom. The number of hydrogen-bond donors (Lipinski definition) is 2. The molecule has 0 atom stereocenters. The number of aliphatic carboxylic acids is 2. The van der Waals surface area contributed by atoms with Gasteiger partial charge in [0.2, 0.25) is 0 Å². The van der Waals surface area contributed by atoms with Gasteiger partial charge in [-0.25, -0.2) is 19.1 Å². The van der Waals surface area contributed by atoms with Crippen LogP contribution in [0.25, 0.3) is 0 Å². The lowest BCUT2D eigenvalue weighted by Crippen LogP contribution is -2.67. The minimum atomic E-state index is -8.32. The van der Waals surface area contributed by atoms with Crippen LogP contribution in [-0.2, 0) is 19.1 Å². The summed E-state index contributed by atoms with van der Waals surface area (Å²) in [5, 5.41) is 15.4. The number of alkyl halides is 16. The van der Waals surface area contributed by atoms with Crippen molar-refractivity contribution in [3.63, 3.8) is 0 Å². The molecule has 190 valence electrons. The number of rotatable bonds is 11. The Bertz CT molecular complexity index is 684. The van der Waals surface area contributed by atoms with Crippen molar-refractivity contribution in [3.8, 4) is 0 Å². The van der Waals surface area contributed by atoms with E-state index in [0.29, 0.717) is 0 Å². The fourth-order valence-electron chi connectivity index (χ4n) is 1.19. The van der Waals surface area contributed by atoms with Crippen LogP contribution in [0.15, 0.2) is 0 Å². The Kier molecular flexibility index (Phi) is 7.12. The third-order valence-electron chi connectivity index (χ3n) is 2.91. The molecular weight excluding hydrogens is 520 g/mol. The van der Waals surface area contributed by atoms with Crippen LogP contribution in [0.3, 0.4) is 0 Å². The Morgan fingerprint density at radius 2 is 0.625 bits per heavy atom. The Balaban J connectivity index is 6.32. The van der Waals surface area contributed by atoms with E-state index in [9.17, 15) is 79.8 Å². The van der Waals surface area contributed by atoms with Crippen LogP contribution in [0.4, 0.5) is 70.2 Å². The van der Waals surface area contributed by atoms with Gasteiger partial charge >= 0.3 is 60.1 Å². The second-order valence-corrected chi connectivity index (χ2v) is 5.18. The van der Waals surface area contributed by atoms with Gasteiger partial charge in [-0.1, -0.05) is 0 Å². The highest BCUT2D eigenvalue weighted by molar-refractivity contribution is 5.76. The predicted octanol–water partition coefficient (Wildman–Crippen LogP) is 4.10. The van der Waals surface area contributed by atoms with Crippen LogP contribution in [0.2, 0.25) is 0 Å². The van der Waals surface area contributed by atoms with E-state index in [1.807, 2.05) is 0 Å². The molecule has 0 unspecified atom stereocenters. The summed E-state index contributed by atoms with van der Waals surface area (Å²) in [6.07, 6.45) is -30.7. The lowest BCUT2D eigenvalue weighted by atomic mass is 10.1. The van der Waals surface area contributed by atoms with Gasteiger partial charge in [0.05, 0.1) is 0 Å². The number of hydrogen-bond acceptors (Lipinski definition) is 4. The summed E-state index contributed by atoms with van der Waals surface area (Å²) in [7, 11) is 0. The van der Waals surface area contributed by atoms with Crippen molar-refractivity contribution < 1.29 is 99.5 Å². The SMILES string of the molecule is O=C(O)C(F)(F)C(F)(F)OC(F)(F)C(F)(F)C(F)(F)C(F)(F)OC(F)(F)C(F)(F)C(=O)O. The van der Waals surface area contributed by atoms with Gasteiger partial charge in [0.15, 0.2) is 0 Å². The molecule has 2 N–H and O–H groups in total. The van der Waals surface area contributed by atoms with E-state index < -0.39 is 60.1 Å². The van der Waals surface area contributed by atoms with E-state index in [-0.39, 0.29) is 0 Å². The predicted molar refractivity (Wildman–Crippen MR) is 57.0 cm³/mol. The number of carbonyl (C=O) groups is 2. The number of carboxylic acid groups (broad SMARTS) is 2. The molecule has 22 heteroatoms. The van der Waals surface area contributed by atoms with Crippen LogP contribution in [0.5, 0.6) is 0 Å². The fourth-order valence-corrected chi connectivity index (χ4v) is 1.19. The minimum Gasteiger partial charge on any atom is -0.477 e. The molecule has 0 amide bonds. The summed E-state index contributed by atoms with van der Waals surface area (Å²) in [6, 6.07) is 0. The normalized spacial score (nSPS) is 15.6. The van der Waals surface area contributed by atoms with E-state index in [0.717, 1.165) is 0 Å². The first-order valence-electron chi connectivity index (χ1n) is 6.45. The molecule has 0 aromatic rings. The molecular formula is C10H2F16O6. The monoisotopic (exact) mass is 522 g/mol. The second-order valence-electron chi connectivity index (χ2n) is 5.18. The number of carboxylic acids is 2. The van der Waals surface area contributed by atoms with Gasteiger partial charge in [-0.15, -0.1) is 0 Å². The zero-order valence-corrected chi connectivity index (χ0v) is 13.6. The zero-order chi connectivity index (χ0) is 26.6. The molecule has 0 rings (SSSR count). The molecule has 0 heterocycles. The highest BCUT2D eigenvalue weighted by Gasteiger charge is 2.87. The molecule has 0 saturated heterocycles. The molecule has 0 aromatic heterocycles. The van der Waals surface area contributed by atoms with Crippen LogP contribution in [-0.4, -0.2) is 70.3 Å². The summed E-state index contributed by atoms with van der Waals surface area (Å²) in [5.41, 5.74) is 0. The maximum atomic E-state index is 13.2. The van der Waals surface area contributed by atoms with Gasteiger partial charge < -0.3 is 10.2 Å². The smallest absolute Gasteiger partial charge is 0.435 e. The number of halogens is 16. The molecule has 0 aliphatic heterocycles. The molecule has 0 saturated carbocycles. The largest absolute Gasteiger partial charge is 0.477 e. The topological polar surface area (TPSA) is 93.1 Å². The van der Waals surface area contributed by atoms with Crippen molar-refractivity contribution in [2.45, 2.75) is 48.1 Å². The van der Waals surface area contributed by atoms with Gasteiger partial charge in [0.1, 0.15) is 0 Å². The van der Waals surface area contributed by atoms with Crippen LogP contribution >= 0.6 is 0 Å². The van der Waals surface area contributed by atoms with Crippen molar-refractivity contribution in [1.29, 1.82) is 0 Å². The summed E-state index contributed by atoms with van der Waals surface area (Å²) >= 11 is 0. The van der Waals surface area contributed by atoms with Gasteiger partial charge in [-0.3, -0.25) is 0 Å². The van der Waals surface area contributed by atoms with Gasteiger partial charge in [-0.05, 0) is 0 Å². The summed E-state index contributed by atoms with van der Waals surface area (Å²) < 4.78 is 209. The van der Waals surface area contributed by atoms with Crippen molar-refractivity contribution in [1.82, 2.24) is 0 Å². The van der Waals surface area contributed by atoms with Crippen molar-refractivity contribution in [2.75, 3.05) is 0 Å². The average Bonchev–Trinajstić information content (AvgIpc) is 2.51. The van der Waals surface area contributed by atoms with E-state index in [1.54, 1.807) is 0 Å². The summed E-state index contributed by atoms with van der Waals surface area (Å²) in [5.74, 6) is -38.7. The second kappa shape index (κ2) is 7.66. The molecule has 0 aromatic carbocycles. The standard InChI is InChI=1S/C10H2F16O6/c11-3(12,1(27)28)7(19,20)31-9(23,24)5(15,16)6(17,18)10(25,26)32-8(21,22)4(13,14)2(29)30/h(H,27,28)(H,29,30). The lowest BCUT2D eigenvalue weighted by molar-refractivity contribution is -0.526. The quantitative estimate of drug-likeness (QED) is 0.398. The highest BCUT2D eigenvalue weighted by atomic mass is 19.4. The maximum absolute atomic E-state index is 13.2. The van der Waals surface area contributed by atoms with Crippen molar-refractivity contribution >= 4 is 11.9 Å². The maximum Gasteiger partial charge on any atom is 0.435 e. The molecule has 0 bridgehead atoms. The lowest BCUT2D eigenvalue weighted by Gasteiger charge is -2.38. The highest BCUT2D eigenvalue weighted by Crippen LogP contribution is 2.57. The van der Waals surface area contributed by atoms with Gasteiger partial charge in [-0.2, -0.15) is 70.2 Å². The molecule has 32 heavy (non-hydrogen) atoms. The molecule has 0 aliphatic rings. The van der Waals surface area contributed by atoms with Crippen LogP contribution in [0.1, 0.15) is 0 Å². The molecule has 0 fully saturated rings. The van der Waals surface area contributed by atoms with Gasteiger partial charge in [0.25, 0.3) is 0 Å². The zero-order valence-electron chi connectivity index (χ0n) is 13.6. The third-order valence-corrected chi connectivity index (χ3v) is 2.91. The molecule has 0 spiro atoms. The first-order chi connectivity index (χ1) is 13.6. The minimum absolute atomic E-state index is 1.29. The Hall–Kier alpha value is -2.26. The van der Waals surface area contributed by atoms with Crippen LogP contribution in [0, 0.1) is 0 Å². The average molecular weight is 522 g/mol. The van der Waals surface area contributed by atoms with Crippen molar-refractivity contribution in [2.24, 2.45) is 0 Å². The molecule has 0 radical (unpaired) electrons. The first kappa shape index (κ1) is 29.7. The van der Waals surface area contributed by atoms with E-state index in [4.69, 9.17) is 10.2 Å². The fraction of sp³-hybridized carbons (Fsp3) is 0.800. The molecule has 6 nitrogen and oxygen atoms in total. The summed E-state index contributed by atoms with van der Waals surface area (Å²) in [4.78, 5) is 19.7. The van der Waals surface area contributed by atoms with E-state index >= 15 is 0 Å². The van der Waals surface area contributed by atoms with E-state index in [2.05, 4.69) is 0 Å². The third kappa shape index (κ3) is 4.45. The Labute approximate surface area is 161 Å². The Morgan fingerprint density at radius 3 is 0.781 bits per heavy atom. The summed E-state index contributed by atoms with van der Waals surface area (Å²) in [6.45, 7) is 0. The molecule has 0 aliphatic carbocycles. The van der Waals surface area contributed by atoms with Crippen molar-refractivity contribution in [3.05, 3.63) is 0 Å². The van der Waals surface area contributed by atoms with E-state index in [1.165, 1.54) is 9.47 Å². The van der Waals surface area contributed by atoms with Crippen LogP contribution < -0.4 is 0 Å². The first-order valence-corrected chi connectivity index (χ1v) is 6.45. The van der Waals surface area contributed by atoms with Gasteiger partial charge in [0, 0.05) is 0 Å². The number of ether oxygens (including phenoxy) is 2.